The predicted molar refractivity (Wildman–Crippen MR) is 109 cm³/mol. The molecule has 0 fully saturated rings. The van der Waals surface area contributed by atoms with Gasteiger partial charge in [0.25, 0.3) is 0 Å². The summed E-state index contributed by atoms with van der Waals surface area (Å²) >= 11 is 0. The van der Waals surface area contributed by atoms with Crippen LogP contribution in [-0.2, 0) is 13.6 Å². The van der Waals surface area contributed by atoms with E-state index in [1.54, 1.807) is 14.2 Å². The molecule has 148 valence electrons. The number of hydrogen-bond acceptors (Lipinski definition) is 3. The first kappa shape index (κ1) is 26.8. The van der Waals surface area contributed by atoms with Gasteiger partial charge >= 0.3 is 8.60 Å². The van der Waals surface area contributed by atoms with E-state index >= 15 is 0 Å². The maximum atomic E-state index is 5.47. The van der Waals surface area contributed by atoms with Crippen LogP contribution in [0.3, 0.4) is 0 Å². The molecule has 5 heteroatoms. The summed E-state index contributed by atoms with van der Waals surface area (Å²) < 4.78 is 15.6. The van der Waals surface area contributed by atoms with Crippen LogP contribution in [0, 0.1) is 0 Å². The van der Waals surface area contributed by atoms with E-state index < -0.39 is 8.60 Å². The first-order valence-corrected chi connectivity index (χ1v) is 11.0. The fourth-order valence-electron chi connectivity index (χ4n) is 2.79. The quantitative estimate of drug-likeness (QED) is 0.168. The van der Waals surface area contributed by atoms with Gasteiger partial charge in [-0.1, -0.05) is 96.8 Å². The van der Waals surface area contributed by atoms with Crippen molar-refractivity contribution in [3.05, 3.63) is 0 Å². The van der Waals surface area contributed by atoms with E-state index in [1.165, 1.54) is 89.9 Å². The van der Waals surface area contributed by atoms with Gasteiger partial charge in [0.2, 0.25) is 0 Å². The van der Waals surface area contributed by atoms with Crippen molar-refractivity contribution in [1.82, 2.24) is 0 Å². The highest BCUT2D eigenvalue weighted by Crippen LogP contribution is 2.37. The lowest BCUT2D eigenvalue weighted by Crippen LogP contribution is -1.93. The minimum atomic E-state index is -1.10. The Hall–Kier alpha value is 0.600. The van der Waals surface area contributed by atoms with Crippen LogP contribution in [0.5, 0.6) is 0 Å². The Morgan fingerprint density at radius 1 is 0.542 bits per heavy atom. The number of rotatable bonds is 19. The van der Waals surface area contributed by atoms with Crippen LogP contribution in [0.25, 0.3) is 0 Å². The van der Waals surface area contributed by atoms with E-state index in [4.69, 9.17) is 13.6 Å². The Morgan fingerprint density at radius 2 is 0.875 bits per heavy atom. The van der Waals surface area contributed by atoms with E-state index in [0.29, 0.717) is 0 Å². The van der Waals surface area contributed by atoms with E-state index in [0.717, 1.165) is 13.0 Å². The van der Waals surface area contributed by atoms with Crippen LogP contribution >= 0.6 is 21.0 Å². The predicted octanol–water partition coefficient (Wildman–Crippen LogP) is 7.82. The summed E-state index contributed by atoms with van der Waals surface area (Å²) in [6, 6.07) is 0. The molecule has 0 bridgehead atoms. The lowest BCUT2D eigenvalue weighted by molar-refractivity contribution is 0.202. The molecule has 0 rings (SSSR count). The highest BCUT2D eigenvalue weighted by Gasteiger charge is 2.05. The fourth-order valence-corrected chi connectivity index (χ4v) is 3.43. The Morgan fingerprint density at radius 3 is 1.21 bits per heavy atom. The molecular formula is C19H42ClO3P. The zero-order valence-corrected chi connectivity index (χ0v) is 18.1. The number of unbranched alkanes of at least 4 members (excludes halogenated alkanes) is 14. The molecule has 0 unspecified atom stereocenters. The normalized spacial score (nSPS) is 11.0. The molecule has 0 aromatic rings. The molecule has 0 radical (unpaired) electrons. The highest BCUT2D eigenvalue weighted by atomic mass is 35.5. The molecule has 0 atom stereocenters. The van der Waals surface area contributed by atoms with Crippen LogP contribution in [0.1, 0.15) is 103 Å². The summed E-state index contributed by atoms with van der Waals surface area (Å²) in [6.45, 7) is 3.04. The van der Waals surface area contributed by atoms with Crippen molar-refractivity contribution in [3.8, 4) is 0 Å². The first-order chi connectivity index (χ1) is 11.3. The first-order valence-electron chi connectivity index (χ1n) is 9.86. The molecule has 0 N–H and O–H groups in total. The van der Waals surface area contributed by atoms with E-state index in [-0.39, 0.29) is 12.4 Å². The van der Waals surface area contributed by atoms with Crippen LogP contribution in [0.2, 0.25) is 0 Å². The minimum absolute atomic E-state index is 0. The molecule has 0 amide bonds. The van der Waals surface area contributed by atoms with Gasteiger partial charge in [0.1, 0.15) is 0 Å². The van der Waals surface area contributed by atoms with Crippen molar-refractivity contribution in [1.29, 1.82) is 0 Å². The van der Waals surface area contributed by atoms with Crippen molar-refractivity contribution in [2.45, 2.75) is 103 Å². The van der Waals surface area contributed by atoms with Crippen LogP contribution in [0.4, 0.5) is 0 Å². The summed E-state index contributed by atoms with van der Waals surface area (Å²) in [5.41, 5.74) is 0. The highest BCUT2D eigenvalue weighted by molar-refractivity contribution is 7.41. The lowest BCUT2D eigenvalue weighted by atomic mass is 10.0. The average molecular weight is 385 g/mol. The molecule has 24 heavy (non-hydrogen) atoms. The van der Waals surface area contributed by atoms with Gasteiger partial charge in [0.05, 0.1) is 6.61 Å². The van der Waals surface area contributed by atoms with E-state index in [2.05, 4.69) is 6.92 Å². The second-order valence-corrected chi connectivity index (χ2v) is 7.81. The van der Waals surface area contributed by atoms with Gasteiger partial charge in [0.15, 0.2) is 0 Å². The summed E-state index contributed by atoms with van der Waals surface area (Å²) in [4.78, 5) is 0. The molecule has 0 aromatic heterocycles. The molecule has 0 aromatic carbocycles. The second kappa shape index (κ2) is 23.6. The summed E-state index contributed by atoms with van der Waals surface area (Å²) in [5.74, 6) is 0. The smallest absolute Gasteiger partial charge is 0.316 e. The summed E-state index contributed by atoms with van der Waals surface area (Å²) in [7, 11) is 2.15. The molecule has 3 nitrogen and oxygen atoms in total. The van der Waals surface area contributed by atoms with Gasteiger partial charge in [-0.2, -0.15) is 0 Å². The van der Waals surface area contributed by atoms with Gasteiger partial charge < -0.3 is 13.6 Å². The Labute approximate surface area is 159 Å². The SMILES string of the molecule is CCCCCCCCCCCCCCCCCOP(OC)OC.Cl. The fraction of sp³-hybridized carbons (Fsp3) is 1.00. The molecular weight excluding hydrogens is 343 g/mol. The topological polar surface area (TPSA) is 27.7 Å². The molecule has 0 aliphatic carbocycles. The molecule has 0 heterocycles. The van der Waals surface area contributed by atoms with Crippen LogP contribution in [-0.4, -0.2) is 20.8 Å². The zero-order valence-electron chi connectivity index (χ0n) is 16.4. The van der Waals surface area contributed by atoms with Gasteiger partial charge in [0, 0.05) is 14.2 Å². The van der Waals surface area contributed by atoms with Crippen molar-refractivity contribution in [2.24, 2.45) is 0 Å². The van der Waals surface area contributed by atoms with Crippen molar-refractivity contribution in [3.63, 3.8) is 0 Å². The van der Waals surface area contributed by atoms with Gasteiger partial charge in [-0.25, -0.2) is 0 Å². The minimum Gasteiger partial charge on any atom is -0.316 e. The molecule has 0 saturated carbocycles. The monoisotopic (exact) mass is 384 g/mol. The van der Waals surface area contributed by atoms with Gasteiger partial charge in [-0.05, 0) is 6.42 Å². The van der Waals surface area contributed by atoms with E-state index in [1.807, 2.05) is 0 Å². The number of hydrogen-bond donors (Lipinski definition) is 0. The summed E-state index contributed by atoms with van der Waals surface area (Å²) in [5, 5.41) is 0. The second-order valence-electron chi connectivity index (χ2n) is 6.37. The zero-order chi connectivity index (χ0) is 17.0. The van der Waals surface area contributed by atoms with Crippen molar-refractivity contribution < 1.29 is 13.6 Å². The van der Waals surface area contributed by atoms with Crippen LogP contribution < -0.4 is 0 Å². The third kappa shape index (κ3) is 20.6. The standard InChI is InChI=1S/C19H41O3P.ClH/c1-4-5-6-7-8-9-10-11-12-13-14-15-16-17-18-19-22-23(20-2)21-3;/h4-19H2,1-3H3;1H. The van der Waals surface area contributed by atoms with Gasteiger partial charge in [-0.15, -0.1) is 12.4 Å². The lowest BCUT2D eigenvalue weighted by Gasteiger charge is -2.11. The Kier molecular flexibility index (Phi) is 26.4. The molecule has 0 spiro atoms. The Bertz CT molecular complexity index is 217. The van der Waals surface area contributed by atoms with Crippen molar-refractivity contribution >= 4 is 21.0 Å². The molecule has 0 aliphatic heterocycles. The average Bonchev–Trinajstić information content (AvgIpc) is 2.58. The largest absolute Gasteiger partial charge is 0.332 e. The number of halogens is 1. The summed E-state index contributed by atoms with van der Waals surface area (Å²) in [6.07, 6.45) is 20.8. The third-order valence-corrected chi connectivity index (χ3v) is 5.23. The van der Waals surface area contributed by atoms with Gasteiger partial charge in [-0.3, -0.25) is 0 Å². The molecule has 0 saturated heterocycles. The maximum absolute atomic E-state index is 5.47. The molecule has 0 aliphatic rings. The third-order valence-electron chi connectivity index (χ3n) is 4.24. The van der Waals surface area contributed by atoms with Crippen LogP contribution in [0.15, 0.2) is 0 Å². The Balaban J connectivity index is 0. The van der Waals surface area contributed by atoms with Crippen molar-refractivity contribution in [2.75, 3.05) is 20.8 Å². The van der Waals surface area contributed by atoms with E-state index in [9.17, 15) is 0 Å². The maximum Gasteiger partial charge on any atom is 0.332 e.